The van der Waals surface area contributed by atoms with Crippen LogP contribution in [0.3, 0.4) is 0 Å². The maximum absolute atomic E-state index is 9.09. The molecule has 3 N–H and O–H groups in total. The lowest BCUT2D eigenvalue weighted by Gasteiger charge is -2.08. The Bertz CT molecular complexity index is 289. The van der Waals surface area contributed by atoms with E-state index in [0.29, 0.717) is 6.54 Å². The summed E-state index contributed by atoms with van der Waals surface area (Å²) in [6.07, 6.45) is 0.294. The molecule has 0 aliphatic carbocycles. The Kier molecular flexibility index (Phi) is 5.32. The quantitative estimate of drug-likeness (QED) is 0.597. The molecule has 84 valence electrons. The fourth-order valence-corrected chi connectivity index (χ4v) is 1.43. The minimum Gasteiger partial charge on any atom is -0.394 e. The SMILES string of the molecule is Cc1cccc(CCNC[C@H](O)CO)c1. The standard InChI is InChI=1S/C12H19NO2/c1-10-3-2-4-11(7-10)5-6-13-8-12(15)9-14/h2-4,7,12-15H,5-6,8-9H2,1H3/t12-/m0/s1. The first kappa shape index (κ1) is 12.2. The molecule has 1 atom stereocenters. The molecule has 0 amide bonds. The average Bonchev–Trinajstić information content (AvgIpc) is 2.24. The molecule has 0 unspecified atom stereocenters. The molecule has 0 saturated heterocycles. The summed E-state index contributed by atoms with van der Waals surface area (Å²) in [7, 11) is 0. The summed E-state index contributed by atoms with van der Waals surface area (Å²) in [6.45, 7) is 3.16. The van der Waals surface area contributed by atoms with Crippen LogP contribution < -0.4 is 5.32 Å². The number of nitrogens with one attached hydrogen (secondary N) is 1. The summed E-state index contributed by atoms with van der Waals surface area (Å²) in [6, 6.07) is 8.38. The maximum atomic E-state index is 9.09. The molecule has 1 aromatic rings. The number of aryl methyl sites for hydroxylation is 1. The average molecular weight is 209 g/mol. The first-order chi connectivity index (χ1) is 7.22. The normalized spacial score (nSPS) is 12.7. The van der Waals surface area contributed by atoms with Crippen LogP contribution in [0.15, 0.2) is 24.3 Å². The first-order valence-corrected chi connectivity index (χ1v) is 5.27. The topological polar surface area (TPSA) is 52.5 Å². The summed E-state index contributed by atoms with van der Waals surface area (Å²) >= 11 is 0. The summed E-state index contributed by atoms with van der Waals surface area (Å²) in [5.74, 6) is 0. The second-order valence-electron chi connectivity index (χ2n) is 3.78. The van der Waals surface area contributed by atoms with Crippen molar-refractivity contribution >= 4 is 0 Å². The van der Waals surface area contributed by atoms with Gasteiger partial charge in [0.25, 0.3) is 0 Å². The highest BCUT2D eigenvalue weighted by molar-refractivity contribution is 5.22. The smallest absolute Gasteiger partial charge is 0.0894 e. The highest BCUT2D eigenvalue weighted by atomic mass is 16.3. The van der Waals surface area contributed by atoms with Crippen molar-refractivity contribution < 1.29 is 10.2 Å². The molecule has 3 nitrogen and oxygen atoms in total. The number of hydrogen-bond acceptors (Lipinski definition) is 3. The Labute approximate surface area is 90.8 Å². The van der Waals surface area contributed by atoms with Crippen LogP contribution in [0.25, 0.3) is 0 Å². The zero-order valence-corrected chi connectivity index (χ0v) is 9.11. The number of aliphatic hydroxyl groups is 2. The van der Waals surface area contributed by atoms with Crippen molar-refractivity contribution in [3.8, 4) is 0 Å². The molecule has 0 aliphatic rings. The monoisotopic (exact) mass is 209 g/mol. The van der Waals surface area contributed by atoms with Gasteiger partial charge in [0.15, 0.2) is 0 Å². The van der Waals surface area contributed by atoms with E-state index in [2.05, 4.69) is 30.4 Å². The Balaban J connectivity index is 2.20. The van der Waals surface area contributed by atoms with Gasteiger partial charge in [0.05, 0.1) is 12.7 Å². The van der Waals surface area contributed by atoms with E-state index in [1.54, 1.807) is 0 Å². The number of aliphatic hydroxyl groups excluding tert-OH is 2. The van der Waals surface area contributed by atoms with Crippen LogP contribution in [0, 0.1) is 6.92 Å². The van der Waals surface area contributed by atoms with Crippen molar-refractivity contribution in [2.75, 3.05) is 19.7 Å². The van der Waals surface area contributed by atoms with Crippen molar-refractivity contribution in [3.63, 3.8) is 0 Å². The lowest BCUT2D eigenvalue weighted by atomic mass is 10.1. The van der Waals surface area contributed by atoms with Gasteiger partial charge in [0, 0.05) is 6.54 Å². The van der Waals surface area contributed by atoms with Crippen LogP contribution in [0.2, 0.25) is 0 Å². The van der Waals surface area contributed by atoms with Gasteiger partial charge in [-0.2, -0.15) is 0 Å². The number of hydrogen-bond donors (Lipinski definition) is 3. The second kappa shape index (κ2) is 6.56. The Morgan fingerprint density at radius 1 is 1.40 bits per heavy atom. The second-order valence-corrected chi connectivity index (χ2v) is 3.78. The van der Waals surface area contributed by atoms with Gasteiger partial charge in [-0.25, -0.2) is 0 Å². The largest absolute Gasteiger partial charge is 0.394 e. The first-order valence-electron chi connectivity index (χ1n) is 5.27. The molecule has 0 heterocycles. The van der Waals surface area contributed by atoms with E-state index in [1.165, 1.54) is 11.1 Å². The van der Waals surface area contributed by atoms with E-state index >= 15 is 0 Å². The van der Waals surface area contributed by atoms with Crippen molar-refractivity contribution in [3.05, 3.63) is 35.4 Å². The minimum absolute atomic E-state index is 0.183. The summed E-state index contributed by atoms with van der Waals surface area (Å²) in [5.41, 5.74) is 2.56. The molecular weight excluding hydrogens is 190 g/mol. The van der Waals surface area contributed by atoms with Crippen molar-refractivity contribution in [2.24, 2.45) is 0 Å². The predicted molar refractivity (Wildman–Crippen MR) is 60.8 cm³/mol. The Hall–Kier alpha value is -0.900. The van der Waals surface area contributed by atoms with Gasteiger partial charge in [-0.15, -0.1) is 0 Å². The third-order valence-corrected chi connectivity index (χ3v) is 2.26. The van der Waals surface area contributed by atoms with E-state index in [0.717, 1.165) is 13.0 Å². The molecule has 1 rings (SSSR count). The fraction of sp³-hybridized carbons (Fsp3) is 0.500. The van der Waals surface area contributed by atoms with Crippen molar-refractivity contribution in [1.29, 1.82) is 0 Å². The maximum Gasteiger partial charge on any atom is 0.0894 e. The van der Waals surface area contributed by atoms with E-state index in [4.69, 9.17) is 10.2 Å². The Morgan fingerprint density at radius 3 is 2.87 bits per heavy atom. The zero-order chi connectivity index (χ0) is 11.1. The van der Waals surface area contributed by atoms with Gasteiger partial charge in [0.1, 0.15) is 0 Å². The van der Waals surface area contributed by atoms with Crippen LogP contribution in [0.4, 0.5) is 0 Å². The molecular formula is C12H19NO2. The minimum atomic E-state index is -0.650. The molecule has 0 radical (unpaired) electrons. The summed E-state index contributed by atoms with van der Waals surface area (Å²) in [4.78, 5) is 0. The molecule has 0 bridgehead atoms. The van der Waals surface area contributed by atoms with Crippen molar-refractivity contribution in [1.82, 2.24) is 5.32 Å². The van der Waals surface area contributed by atoms with Gasteiger partial charge in [-0.3, -0.25) is 0 Å². The molecule has 0 aromatic heterocycles. The third-order valence-electron chi connectivity index (χ3n) is 2.26. The summed E-state index contributed by atoms with van der Waals surface area (Å²) < 4.78 is 0. The van der Waals surface area contributed by atoms with Crippen LogP contribution in [-0.4, -0.2) is 36.0 Å². The van der Waals surface area contributed by atoms with Gasteiger partial charge in [-0.1, -0.05) is 29.8 Å². The van der Waals surface area contributed by atoms with E-state index in [-0.39, 0.29) is 6.61 Å². The highest BCUT2D eigenvalue weighted by Gasteiger charge is 2.00. The predicted octanol–water partition coefficient (Wildman–Crippen LogP) is 0.480. The van der Waals surface area contributed by atoms with Crippen LogP contribution in [0.1, 0.15) is 11.1 Å². The van der Waals surface area contributed by atoms with E-state index < -0.39 is 6.10 Å². The van der Waals surface area contributed by atoms with Gasteiger partial charge in [0.2, 0.25) is 0 Å². The van der Waals surface area contributed by atoms with E-state index in [9.17, 15) is 0 Å². The fourth-order valence-electron chi connectivity index (χ4n) is 1.43. The van der Waals surface area contributed by atoms with Crippen molar-refractivity contribution in [2.45, 2.75) is 19.4 Å². The number of benzene rings is 1. The molecule has 3 heteroatoms. The zero-order valence-electron chi connectivity index (χ0n) is 9.11. The molecule has 0 spiro atoms. The van der Waals surface area contributed by atoms with Crippen LogP contribution in [0.5, 0.6) is 0 Å². The lowest BCUT2D eigenvalue weighted by molar-refractivity contribution is 0.0947. The van der Waals surface area contributed by atoms with Gasteiger partial charge in [-0.05, 0) is 25.5 Å². The van der Waals surface area contributed by atoms with Crippen LogP contribution in [-0.2, 0) is 6.42 Å². The molecule has 0 aliphatic heterocycles. The molecule has 0 fully saturated rings. The molecule has 15 heavy (non-hydrogen) atoms. The highest BCUT2D eigenvalue weighted by Crippen LogP contribution is 2.03. The molecule has 1 aromatic carbocycles. The Morgan fingerprint density at radius 2 is 2.20 bits per heavy atom. The molecule has 0 saturated carbocycles. The van der Waals surface area contributed by atoms with Gasteiger partial charge < -0.3 is 15.5 Å². The van der Waals surface area contributed by atoms with Gasteiger partial charge >= 0.3 is 0 Å². The number of rotatable bonds is 6. The summed E-state index contributed by atoms with van der Waals surface area (Å²) in [5, 5.41) is 20.8. The van der Waals surface area contributed by atoms with Crippen LogP contribution >= 0.6 is 0 Å². The third kappa shape index (κ3) is 4.93. The lowest BCUT2D eigenvalue weighted by Crippen LogP contribution is -2.30. The van der Waals surface area contributed by atoms with E-state index in [1.807, 2.05) is 6.07 Å².